The molecule has 0 heterocycles. The van der Waals surface area contributed by atoms with Gasteiger partial charge in [0.25, 0.3) is 0 Å². The number of hydrogen-bond acceptors (Lipinski definition) is 0. The largest absolute Gasteiger partial charge is 0.0719 e. The molecule has 0 nitrogen and oxygen atoms in total. The number of hydrogen-bond donors (Lipinski definition) is 0. The molecule has 11 aromatic carbocycles. The first-order chi connectivity index (χ1) is 27.3. The van der Waals surface area contributed by atoms with Crippen LogP contribution < -0.4 is 0 Å². The van der Waals surface area contributed by atoms with Crippen molar-refractivity contribution in [3.8, 4) is 33.4 Å². The Hall–Kier alpha value is -7.02. The Kier molecular flexibility index (Phi) is 6.36. The average molecular weight is 695 g/mol. The van der Waals surface area contributed by atoms with Crippen LogP contribution in [0.5, 0.6) is 0 Å². The van der Waals surface area contributed by atoms with Crippen LogP contribution >= 0.6 is 0 Å². The molecule has 0 saturated heterocycles. The molecule has 0 saturated carbocycles. The molecule has 0 spiro atoms. The van der Waals surface area contributed by atoms with Gasteiger partial charge in [0.1, 0.15) is 0 Å². The maximum atomic E-state index is 2.39. The van der Waals surface area contributed by atoms with E-state index in [1.54, 1.807) is 0 Å². The summed E-state index contributed by atoms with van der Waals surface area (Å²) in [6.07, 6.45) is 0. The Morgan fingerprint density at radius 2 is 0.691 bits per heavy atom. The molecule has 0 aromatic heterocycles. The summed E-state index contributed by atoms with van der Waals surface area (Å²) in [4.78, 5) is 0. The van der Waals surface area contributed by atoms with Crippen LogP contribution in [0.15, 0.2) is 206 Å². The number of benzene rings is 11. The van der Waals surface area contributed by atoms with Crippen molar-refractivity contribution < 1.29 is 0 Å². The Labute approximate surface area is 319 Å². The number of rotatable bonds is 4. The molecule has 12 rings (SSSR count). The molecule has 1 aliphatic rings. The minimum absolute atomic E-state index is 0.465. The highest BCUT2D eigenvalue weighted by atomic mass is 14.5. The summed E-state index contributed by atoms with van der Waals surface area (Å²) in [6.45, 7) is 0. The van der Waals surface area contributed by atoms with Crippen molar-refractivity contribution in [1.29, 1.82) is 0 Å². The van der Waals surface area contributed by atoms with Crippen LogP contribution in [0, 0.1) is 0 Å². The van der Waals surface area contributed by atoms with E-state index in [1.807, 2.05) is 0 Å². The van der Waals surface area contributed by atoms with Gasteiger partial charge in [0.15, 0.2) is 0 Å². The van der Waals surface area contributed by atoms with E-state index in [2.05, 4.69) is 206 Å². The highest BCUT2D eigenvalue weighted by Gasteiger charge is 2.47. The van der Waals surface area contributed by atoms with Gasteiger partial charge >= 0.3 is 0 Å². The number of fused-ring (bicyclic) bond motifs is 6. The van der Waals surface area contributed by atoms with E-state index in [-0.39, 0.29) is 0 Å². The summed E-state index contributed by atoms with van der Waals surface area (Å²) in [5, 5.41) is 12.9. The Morgan fingerprint density at radius 3 is 1.38 bits per heavy atom. The first-order valence-electron chi connectivity index (χ1n) is 19.3. The van der Waals surface area contributed by atoms with Gasteiger partial charge in [-0.15, -0.1) is 0 Å². The molecule has 0 amide bonds. The zero-order chi connectivity index (χ0) is 36.1. The molecule has 254 valence electrons. The third-order valence-electron chi connectivity index (χ3n) is 12.5. The van der Waals surface area contributed by atoms with E-state index in [0.717, 1.165) is 0 Å². The quantitative estimate of drug-likeness (QED) is 0.161. The van der Waals surface area contributed by atoms with Crippen LogP contribution in [0.4, 0.5) is 0 Å². The van der Waals surface area contributed by atoms with Crippen molar-refractivity contribution in [2.24, 2.45) is 0 Å². The summed E-state index contributed by atoms with van der Waals surface area (Å²) < 4.78 is 0. The van der Waals surface area contributed by atoms with Gasteiger partial charge in [-0.05, 0) is 109 Å². The van der Waals surface area contributed by atoms with Gasteiger partial charge in [0.05, 0.1) is 5.41 Å². The smallest absolute Gasteiger partial charge is 0.0622 e. The van der Waals surface area contributed by atoms with Crippen molar-refractivity contribution in [3.05, 3.63) is 229 Å². The van der Waals surface area contributed by atoms with E-state index in [1.165, 1.54) is 109 Å². The molecule has 0 fully saturated rings. The monoisotopic (exact) mass is 694 g/mol. The average Bonchev–Trinajstić information content (AvgIpc) is 3.57. The van der Waals surface area contributed by atoms with Gasteiger partial charge in [-0.2, -0.15) is 0 Å². The van der Waals surface area contributed by atoms with Gasteiger partial charge in [-0.1, -0.05) is 206 Å². The molecular weight excluding hydrogens is 661 g/mol. The molecule has 1 aliphatic carbocycles. The second kappa shape index (κ2) is 11.5. The second-order valence-electron chi connectivity index (χ2n) is 15.1. The van der Waals surface area contributed by atoms with E-state index in [0.29, 0.717) is 0 Å². The first-order valence-corrected chi connectivity index (χ1v) is 19.3. The molecule has 0 radical (unpaired) electrons. The van der Waals surface area contributed by atoms with E-state index < -0.39 is 5.41 Å². The Morgan fingerprint density at radius 1 is 0.236 bits per heavy atom. The third-order valence-corrected chi connectivity index (χ3v) is 12.5. The maximum absolute atomic E-state index is 2.39. The lowest BCUT2D eigenvalue weighted by Crippen LogP contribution is -2.28. The fraction of sp³-hybridized carbons (Fsp3) is 0.0182. The normalized spacial score (nSPS) is 13.2. The lowest BCUT2D eigenvalue weighted by atomic mass is 9.66. The topological polar surface area (TPSA) is 0 Å². The lowest BCUT2D eigenvalue weighted by Gasteiger charge is -2.34. The highest BCUT2D eigenvalue weighted by molar-refractivity contribution is 6.28. The van der Waals surface area contributed by atoms with Crippen molar-refractivity contribution in [2.75, 3.05) is 0 Å². The van der Waals surface area contributed by atoms with E-state index in [9.17, 15) is 0 Å². The van der Waals surface area contributed by atoms with Gasteiger partial charge in [0, 0.05) is 0 Å². The van der Waals surface area contributed by atoms with Gasteiger partial charge in [0.2, 0.25) is 0 Å². The SMILES string of the molecule is c1ccc(C2(c3ccccc3)c3ccccc3-c3ccc4c(-c5ccc6ccc7c(-c8cccc9ccccc89)ccc8ccc5c6c87)cccc4c32)cc1. The van der Waals surface area contributed by atoms with Crippen LogP contribution in [0.3, 0.4) is 0 Å². The van der Waals surface area contributed by atoms with Gasteiger partial charge < -0.3 is 0 Å². The third kappa shape index (κ3) is 4.12. The van der Waals surface area contributed by atoms with Crippen LogP contribution in [0.2, 0.25) is 0 Å². The fourth-order valence-corrected chi connectivity index (χ4v) is 10.3. The lowest BCUT2D eigenvalue weighted by molar-refractivity contribution is 0.775. The minimum Gasteiger partial charge on any atom is -0.0622 e. The predicted octanol–water partition coefficient (Wildman–Crippen LogP) is 14.6. The van der Waals surface area contributed by atoms with Gasteiger partial charge in [-0.25, -0.2) is 0 Å². The van der Waals surface area contributed by atoms with Crippen LogP contribution in [-0.4, -0.2) is 0 Å². The fourth-order valence-electron chi connectivity index (χ4n) is 10.3. The summed E-state index contributed by atoms with van der Waals surface area (Å²) in [5.41, 5.74) is 12.5. The molecule has 55 heavy (non-hydrogen) atoms. The molecule has 0 N–H and O–H groups in total. The maximum Gasteiger partial charge on any atom is 0.0719 e. The second-order valence-corrected chi connectivity index (χ2v) is 15.1. The first kappa shape index (κ1) is 30.4. The van der Waals surface area contributed by atoms with Crippen molar-refractivity contribution >= 4 is 53.9 Å². The van der Waals surface area contributed by atoms with Crippen LogP contribution in [-0.2, 0) is 5.41 Å². The standard InChI is InChI=1S/C55H34/c1-3-15-38(16-4-1)55(39-17-5-2-6-18-39)51-24-10-9-20-46(51)50-34-33-45-42(22-12-23-49(45)54(50)55)44-30-26-37-27-31-47-43(29-25-36-28-32-48(44)53(37)52(36)47)41-21-11-14-35-13-7-8-19-40(35)41/h1-34H. The van der Waals surface area contributed by atoms with E-state index in [4.69, 9.17) is 0 Å². The van der Waals surface area contributed by atoms with Gasteiger partial charge in [-0.3, -0.25) is 0 Å². The Balaban J connectivity index is 1.15. The molecule has 0 aliphatic heterocycles. The van der Waals surface area contributed by atoms with Crippen molar-refractivity contribution in [3.63, 3.8) is 0 Å². The zero-order valence-corrected chi connectivity index (χ0v) is 30.1. The van der Waals surface area contributed by atoms with Crippen molar-refractivity contribution in [1.82, 2.24) is 0 Å². The Bertz CT molecular complexity index is 3250. The molecule has 11 aromatic rings. The van der Waals surface area contributed by atoms with Crippen LogP contribution in [0.25, 0.3) is 87.2 Å². The summed E-state index contributed by atoms with van der Waals surface area (Å²) in [7, 11) is 0. The predicted molar refractivity (Wildman–Crippen MR) is 233 cm³/mol. The summed E-state index contributed by atoms with van der Waals surface area (Å²) >= 11 is 0. The minimum atomic E-state index is -0.465. The van der Waals surface area contributed by atoms with E-state index >= 15 is 0 Å². The van der Waals surface area contributed by atoms with Crippen molar-refractivity contribution in [2.45, 2.75) is 5.41 Å². The highest BCUT2D eigenvalue weighted by Crippen LogP contribution is 2.58. The molecule has 0 bridgehead atoms. The molecule has 0 unspecified atom stereocenters. The van der Waals surface area contributed by atoms with Crippen LogP contribution in [0.1, 0.15) is 22.3 Å². The molecular formula is C55H34. The summed E-state index contributed by atoms with van der Waals surface area (Å²) in [5.74, 6) is 0. The zero-order valence-electron chi connectivity index (χ0n) is 30.1. The molecule has 0 heteroatoms. The summed E-state index contributed by atoms with van der Waals surface area (Å²) in [6, 6.07) is 77.1. The molecule has 0 atom stereocenters.